The maximum absolute atomic E-state index is 13.6. The molecule has 0 spiro atoms. The number of nitrogens with one attached hydrogen (secondary N) is 2. The van der Waals surface area contributed by atoms with Gasteiger partial charge in [0.1, 0.15) is 27.3 Å². The first-order valence-corrected chi connectivity index (χ1v) is 13.3. The number of piperidine rings is 1. The molecule has 2 amide bonds. The second-order valence-corrected chi connectivity index (χ2v) is 11.2. The van der Waals surface area contributed by atoms with E-state index in [-0.39, 0.29) is 35.1 Å². The van der Waals surface area contributed by atoms with Gasteiger partial charge in [0.25, 0.3) is 11.8 Å². The minimum atomic E-state index is -1.66. The Morgan fingerprint density at radius 2 is 2.14 bits per heavy atom. The molecule has 0 bridgehead atoms. The van der Waals surface area contributed by atoms with Crippen LogP contribution in [0, 0.1) is 18.7 Å². The van der Waals surface area contributed by atoms with Crippen LogP contribution in [0.15, 0.2) is 29.3 Å². The molecule has 4 unspecified atom stereocenters. The molecule has 0 radical (unpaired) electrons. The quantitative estimate of drug-likeness (QED) is 0.650. The lowest BCUT2D eigenvalue weighted by molar-refractivity contribution is -0.153. The minimum Gasteiger partial charge on any atom is -0.489 e. The molecule has 11 heteroatoms. The molecular formula is C25H31FN4O5S. The van der Waals surface area contributed by atoms with E-state index in [1.165, 1.54) is 12.1 Å². The molecule has 2 aromatic rings. The molecule has 1 aromatic heterocycles. The molecule has 9 nitrogen and oxygen atoms in total. The number of ether oxygens (including phenoxy) is 2. The summed E-state index contributed by atoms with van der Waals surface area (Å²) < 4.78 is 43.6. The Morgan fingerprint density at radius 3 is 2.86 bits per heavy atom. The fourth-order valence-corrected chi connectivity index (χ4v) is 6.46. The lowest BCUT2D eigenvalue weighted by atomic mass is 9.91. The molecule has 2 saturated heterocycles. The Bertz CT molecular complexity index is 1230. The lowest BCUT2D eigenvalue weighted by Crippen LogP contribution is -2.58. The van der Waals surface area contributed by atoms with Crippen molar-refractivity contribution in [2.75, 3.05) is 31.6 Å². The molecule has 194 valence electrons. The van der Waals surface area contributed by atoms with Crippen molar-refractivity contribution >= 4 is 28.5 Å². The van der Waals surface area contributed by atoms with E-state index in [0.29, 0.717) is 55.3 Å². The van der Waals surface area contributed by atoms with Crippen LogP contribution in [0.2, 0.25) is 0 Å². The summed E-state index contributed by atoms with van der Waals surface area (Å²) in [6, 6.07) is 4.12. The number of likely N-dealkylation sites (tertiary alicyclic amines) is 1. The van der Waals surface area contributed by atoms with E-state index in [1.54, 1.807) is 35.7 Å². The van der Waals surface area contributed by atoms with Crippen LogP contribution in [0.5, 0.6) is 5.75 Å². The first-order valence-electron chi connectivity index (χ1n) is 12.2. The van der Waals surface area contributed by atoms with Crippen molar-refractivity contribution in [1.82, 2.24) is 14.2 Å². The normalized spacial score (nSPS) is 27.9. The van der Waals surface area contributed by atoms with Crippen molar-refractivity contribution < 1.29 is 27.7 Å². The van der Waals surface area contributed by atoms with E-state index in [4.69, 9.17) is 9.47 Å². The molecule has 2 N–H and O–H groups in total. The highest BCUT2D eigenvalue weighted by Gasteiger charge is 2.44. The molecule has 36 heavy (non-hydrogen) atoms. The zero-order chi connectivity index (χ0) is 25.6. The molecule has 0 saturated carbocycles. The number of halogens is 1. The van der Waals surface area contributed by atoms with Crippen molar-refractivity contribution in [3.05, 3.63) is 41.5 Å². The van der Waals surface area contributed by atoms with Crippen molar-refractivity contribution in [2.45, 2.75) is 49.6 Å². The van der Waals surface area contributed by atoms with Gasteiger partial charge in [-0.3, -0.25) is 9.59 Å². The summed E-state index contributed by atoms with van der Waals surface area (Å²) in [6.07, 6.45) is 3.86. The Balaban J connectivity index is 1.34. The average Bonchev–Trinajstić information content (AvgIpc) is 3.43. The SMILES string of the molecule is Cc1cc(NC(=O)c2c3c(cn2C)S(=O)NC2CN(C(=O)C4(C)CCCO4)CCC2CO3)ccc1F. The van der Waals surface area contributed by atoms with Crippen LogP contribution in [0.25, 0.3) is 0 Å². The van der Waals surface area contributed by atoms with Crippen molar-refractivity contribution in [3.8, 4) is 5.75 Å². The van der Waals surface area contributed by atoms with Gasteiger partial charge in [-0.15, -0.1) is 0 Å². The monoisotopic (exact) mass is 518 g/mol. The van der Waals surface area contributed by atoms with Crippen LogP contribution in [-0.2, 0) is 27.6 Å². The first-order chi connectivity index (χ1) is 17.2. The smallest absolute Gasteiger partial charge is 0.276 e. The number of hydrogen-bond donors (Lipinski definition) is 2. The largest absolute Gasteiger partial charge is 0.489 e. The van der Waals surface area contributed by atoms with Gasteiger partial charge >= 0.3 is 0 Å². The highest BCUT2D eigenvalue weighted by atomic mass is 32.2. The van der Waals surface area contributed by atoms with Gasteiger partial charge in [-0.2, -0.15) is 0 Å². The number of amides is 2. The third-order valence-corrected chi connectivity index (χ3v) is 8.55. The maximum Gasteiger partial charge on any atom is 0.276 e. The topological polar surface area (TPSA) is 102 Å². The first kappa shape index (κ1) is 24.9. The number of carbonyl (C=O) groups excluding carboxylic acids is 2. The summed E-state index contributed by atoms with van der Waals surface area (Å²) in [4.78, 5) is 28.5. The summed E-state index contributed by atoms with van der Waals surface area (Å²) in [7, 11) is 0.0302. The third kappa shape index (κ3) is 4.55. The molecular weight excluding hydrogens is 487 g/mol. The van der Waals surface area contributed by atoms with Gasteiger partial charge in [0, 0.05) is 50.6 Å². The number of nitrogens with zero attached hydrogens (tertiary/aromatic N) is 2. The van der Waals surface area contributed by atoms with E-state index in [0.717, 1.165) is 6.42 Å². The van der Waals surface area contributed by atoms with Crippen molar-refractivity contribution in [2.24, 2.45) is 13.0 Å². The second-order valence-electron chi connectivity index (χ2n) is 9.99. The van der Waals surface area contributed by atoms with Crippen LogP contribution in [0.3, 0.4) is 0 Å². The lowest BCUT2D eigenvalue weighted by Gasteiger charge is -2.41. The number of aromatic nitrogens is 1. The van der Waals surface area contributed by atoms with Crippen molar-refractivity contribution in [3.63, 3.8) is 0 Å². The Hall–Kier alpha value is -2.76. The maximum atomic E-state index is 13.6. The van der Waals surface area contributed by atoms with Crippen LogP contribution >= 0.6 is 0 Å². The molecule has 4 atom stereocenters. The summed E-state index contributed by atoms with van der Waals surface area (Å²) in [5, 5.41) is 2.78. The van der Waals surface area contributed by atoms with Gasteiger partial charge in [0.15, 0.2) is 11.4 Å². The van der Waals surface area contributed by atoms with Gasteiger partial charge in [-0.05, 0) is 56.9 Å². The standard InChI is InChI=1S/C25H31FN4O5S/c1-15-11-17(5-6-18(15)26)27-23(31)21-22-20(13-29(21)3)36(33)28-19-12-30(9-7-16(19)14-34-22)24(32)25(2)8-4-10-35-25/h5-6,11,13,16,19,28H,4,7-10,12,14H2,1-3H3,(H,27,31). The van der Waals surface area contributed by atoms with Gasteiger partial charge in [0.05, 0.1) is 6.61 Å². The molecule has 3 aliphatic rings. The predicted molar refractivity (Wildman–Crippen MR) is 132 cm³/mol. The molecule has 5 rings (SSSR count). The van der Waals surface area contributed by atoms with E-state index in [1.807, 2.05) is 6.92 Å². The fourth-order valence-electron chi connectivity index (χ4n) is 5.22. The number of rotatable bonds is 3. The summed E-state index contributed by atoms with van der Waals surface area (Å²) in [5.74, 6) is -0.537. The summed E-state index contributed by atoms with van der Waals surface area (Å²) >= 11 is 0. The number of anilines is 1. The van der Waals surface area contributed by atoms with Crippen LogP contribution in [-0.4, -0.2) is 63.4 Å². The second kappa shape index (κ2) is 9.60. The summed E-state index contributed by atoms with van der Waals surface area (Å²) in [6.45, 7) is 5.35. The molecule has 3 aliphatic heterocycles. The van der Waals surface area contributed by atoms with E-state index < -0.39 is 22.5 Å². The number of carbonyl (C=O) groups is 2. The number of hydrogen-bond acceptors (Lipinski definition) is 5. The molecule has 1 aromatic carbocycles. The van der Waals surface area contributed by atoms with E-state index in [9.17, 15) is 18.2 Å². The molecule has 2 fully saturated rings. The van der Waals surface area contributed by atoms with Crippen LogP contribution in [0.4, 0.5) is 10.1 Å². The number of benzene rings is 1. The Labute approximate surface area is 211 Å². The van der Waals surface area contributed by atoms with Crippen molar-refractivity contribution in [1.29, 1.82) is 0 Å². The highest BCUT2D eigenvalue weighted by Crippen LogP contribution is 2.35. The predicted octanol–water partition coefficient (Wildman–Crippen LogP) is 2.52. The van der Waals surface area contributed by atoms with Crippen LogP contribution in [0.1, 0.15) is 42.2 Å². The average molecular weight is 519 g/mol. The number of aryl methyl sites for hydroxylation is 2. The van der Waals surface area contributed by atoms with Gasteiger partial charge in [-0.25, -0.2) is 13.3 Å². The molecule has 4 heterocycles. The third-order valence-electron chi connectivity index (χ3n) is 7.35. The Kier molecular flexibility index (Phi) is 6.65. The van der Waals surface area contributed by atoms with Gasteiger partial charge in [0.2, 0.25) is 0 Å². The highest BCUT2D eigenvalue weighted by molar-refractivity contribution is 7.83. The fraction of sp³-hybridized carbons (Fsp3) is 0.520. The molecule has 0 aliphatic carbocycles. The zero-order valence-corrected chi connectivity index (χ0v) is 21.5. The van der Waals surface area contributed by atoms with E-state index >= 15 is 0 Å². The van der Waals surface area contributed by atoms with Gasteiger partial charge < -0.3 is 24.3 Å². The van der Waals surface area contributed by atoms with Crippen LogP contribution < -0.4 is 14.8 Å². The van der Waals surface area contributed by atoms with E-state index in [2.05, 4.69) is 10.0 Å². The number of fused-ring (bicyclic) bond motifs is 2. The zero-order valence-electron chi connectivity index (χ0n) is 20.6. The van der Waals surface area contributed by atoms with Gasteiger partial charge in [-0.1, -0.05) is 0 Å². The minimum absolute atomic E-state index is 0.0133. The summed E-state index contributed by atoms with van der Waals surface area (Å²) in [5.41, 5.74) is 0.318. The Morgan fingerprint density at radius 1 is 1.33 bits per heavy atom.